The number of anilines is 1. The molecule has 0 bridgehead atoms. The summed E-state index contributed by atoms with van der Waals surface area (Å²) in [6.07, 6.45) is 11.2. The first-order chi connectivity index (χ1) is 13.0. The molecule has 1 aliphatic heterocycles. The smallest absolute Gasteiger partial charge is 0.183 e. The summed E-state index contributed by atoms with van der Waals surface area (Å²) in [4.78, 5) is 7.68. The van der Waals surface area contributed by atoms with Gasteiger partial charge in [0.25, 0.3) is 0 Å². The monoisotopic (exact) mass is 397 g/mol. The Bertz CT molecular complexity index is 923. The summed E-state index contributed by atoms with van der Waals surface area (Å²) >= 11 is 8.12. The van der Waals surface area contributed by atoms with Gasteiger partial charge in [-0.2, -0.15) is 0 Å². The standard InChI is InChI=1S/C22H24ClN3S/c1-5-11-26-14-17(21-13-24-22(27-21)25-15(3)6-2)12-19(16(26)4)18-9-7-8-10-20(18)23/h5,7-15H,4,6H2,1-3H3,(H,24,25)/b11-5-. The zero-order valence-electron chi connectivity index (χ0n) is 15.9. The minimum Gasteiger partial charge on any atom is -0.359 e. The van der Waals surface area contributed by atoms with Crippen molar-refractivity contribution in [3.8, 4) is 0 Å². The van der Waals surface area contributed by atoms with E-state index in [0.717, 1.165) is 43.9 Å². The van der Waals surface area contributed by atoms with E-state index in [0.29, 0.717) is 6.04 Å². The molecular formula is C22H24ClN3S. The van der Waals surface area contributed by atoms with E-state index in [1.807, 2.05) is 54.6 Å². The number of allylic oxidation sites excluding steroid dienone is 4. The molecule has 3 rings (SSSR count). The zero-order chi connectivity index (χ0) is 19.4. The summed E-state index contributed by atoms with van der Waals surface area (Å²) in [5.41, 5.74) is 3.98. The number of hydrogen-bond donors (Lipinski definition) is 1. The maximum Gasteiger partial charge on any atom is 0.183 e. The van der Waals surface area contributed by atoms with Crippen LogP contribution in [0.5, 0.6) is 0 Å². The van der Waals surface area contributed by atoms with Crippen molar-refractivity contribution in [2.24, 2.45) is 0 Å². The Hall–Kier alpha value is -2.30. The molecule has 1 unspecified atom stereocenters. The Balaban J connectivity index is 2.01. The van der Waals surface area contributed by atoms with Crippen molar-refractivity contribution in [2.75, 3.05) is 5.32 Å². The summed E-state index contributed by atoms with van der Waals surface area (Å²) in [7, 11) is 0. The van der Waals surface area contributed by atoms with Crippen molar-refractivity contribution in [2.45, 2.75) is 33.2 Å². The van der Waals surface area contributed by atoms with E-state index in [-0.39, 0.29) is 0 Å². The molecule has 27 heavy (non-hydrogen) atoms. The zero-order valence-corrected chi connectivity index (χ0v) is 17.4. The molecule has 1 aliphatic rings. The van der Waals surface area contributed by atoms with Crippen LogP contribution in [0.25, 0.3) is 11.1 Å². The highest BCUT2D eigenvalue weighted by atomic mass is 35.5. The van der Waals surface area contributed by atoms with Crippen molar-refractivity contribution in [1.82, 2.24) is 9.88 Å². The number of thiazole rings is 1. The van der Waals surface area contributed by atoms with Gasteiger partial charge in [0.2, 0.25) is 0 Å². The lowest BCUT2D eigenvalue weighted by molar-refractivity contribution is 0.657. The number of hydrogen-bond acceptors (Lipinski definition) is 4. The highest BCUT2D eigenvalue weighted by molar-refractivity contribution is 7.16. The molecule has 2 heterocycles. The molecule has 5 heteroatoms. The van der Waals surface area contributed by atoms with Gasteiger partial charge >= 0.3 is 0 Å². The number of aromatic nitrogens is 1. The molecule has 3 nitrogen and oxygen atoms in total. The lowest BCUT2D eigenvalue weighted by Gasteiger charge is -2.27. The first kappa shape index (κ1) is 19.5. The number of rotatable bonds is 6. The van der Waals surface area contributed by atoms with Crippen LogP contribution in [-0.4, -0.2) is 15.9 Å². The van der Waals surface area contributed by atoms with Crippen molar-refractivity contribution in [3.63, 3.8) is 0 Å². The number of halogens is 1. The average molecular weight is 398 g/mol. The summed E-state index contributed by atoms with van der Waals surface area (Å²) in [5, 5.41) is 5.10. The Kier molecular flexibility index (Phi) is 6.19. The van der Waals surface area contributed by atoms with Gasteiger partial charge in [-0.15, -0.1) is 0 Å². The first-order valence-corrected chi connectivity index (χ1v) is 10.2. The predicted molar refractivity (Wildman–Crippen MR) is 119 cm³/mol. The third kappa shape index (κ3) is 4.34. The SMILES string of the molecule is C=C1C(c2ccccc2Cl)=CC(c2cnc(NC(C)CC)s2)=CN1/C=C\C. The molecule has 0 saturated heterocycles. The maximum absolute atomic E-state index is 6.46. The van der Waals surface area contributed by atoms with E-state index in [1.54, 1.807) is 11.3 Å². The van der Waals surface area contributed by atoms with Crippen LogP contribution < -0.4 is 5.32 Å². The van der Waals surface area contributed by atoms with E-state index in [4.69, 9.17) is 11.6 Å². The molecule has 0 amide bonds. The van der Waals surface area contributed by atoms with Crippen molar-refractivity contribution in [1.29, 1.82) is 0 Å². The number of benzene rings is 1. The van der Waals surface area contributed by atoms with Gasteiger partial charge in [-0.05, 0) is 32.4 Å². The molecule has 1 atom stereocenters. The second kappa shape index (κ2) is 8.59. The normalized spacial score (nSPS) is 15.7. The van der Waals surface area contributed by atoms with Gasteiger partial charge in [0, 0.05) is 52.1 Å². The van der Waals surface area contributed by atoms with E-state index in [2.05, 4.69) is 43.0 Å². The van der Waals surface area contributed by atoms with Gasteiger partial charge in [0.1, 0.15) is 0 Å². The fourth-order valence-electron chi connectivity index (χ4n) is 2.77. The molecule has 2 aromatic rings. The van der Waals surface area contributed by atoms with Gasteiger partial charge in [-0.3, -0.25) is 0 Å². The Morgan fingerprint density at radius 1 is 1.37 bits per heavy atom. The summed E-state index contributed by atoms with van der Waals surface area (Å²) in [5.74, 6) is 0. The van der Waals surface area contributed by atoms with Crippen LogP contribution >= 0.6 is 22.9 Å². The maximum atomic E-state index is 6.46. The number of nitrogens with zero attached hydrogens (tertiary/aromatic N) is 2. The van der Waals surface area contributed by atoms with Crippen molar-refractivity contribution in [3.05, 3.63) is 82.8 Å². The molecule has 0 saturated carbocycles. The van der Waals surface area contributed by atoms with Gasteiger partial charge in [0.05, 0.1) is 4.88 Å². The molecule has 0 fully saturated rings. The number of nitrogens with one attached hydrogen (secondary N) is 1. The molecule has 0 spiro atoms. The molecule has 0 aliphatic carbocycles. The van der Waals surface area contributed by atoms with Crippen molar-refractivity contribution < 1.29 is 0 Å². The third-order valence-corrected chi connectivity index (χ3v) is 5.75. The highest BCUT2D eigenvalue weighted by Gasteiger charge is 2.20. The van der Waals surface area contributed by atoms with Crippen LogP contribution in [0.3, 0.4) is 0 Å². The van der Waals surface area contributed by atoms with Gasteiger partial charge in [-0.1, -0.05) is 60.7 Å². The second-order valence-corrected chi connectivity index (χ2v) is 7.88. The van der Waals surface area contributed by atoms with Crippen LogP contribution in [-0.2, 0) is 0 Å². The van der Waals surface area contributed by atoms with Crippen molar-refractivity contribution >= 4 is 39.2 Å². The van der Waals surface area contributed by atoms with E-state index >= 15 is 0 Å². The molecule has 1 aromatic carbocycles. The lowest BCUT2D eigenvalue weighted by atomic mass is 9.97. The fourth-order valence-corrected chi connectivity index (χ4v) is 3.92. The minimum atomic E-state index is 0.401. The van der Waals surface area contributed by atoms with Crippen LogP contribution in [0.15, 0.2) is 67.3 Å². The minimum absolute atomic E-state index is 0.401. The van der Waals surface area contributed by atoms with E-state index < -0.39 is 0 Å². The largest absolute Gasteiger partial charge is 0.359 e. The summed E-state index contributed by atoms with van der Waals surface area (Å²) < 4.78 is 0. The van der Waals surface area contributed by atoms with Crippen LogP contribution in [0.1, 0.15) is 37.6 Å². The Labute approximate surface area is 170 Å². The van der Waals surface area contributed by atoms with Crippen LogP contribution in [0.4, 0.5) is 5.13 Å². The molecule has 1 aromatic heterocycles. The first-order valence-electron chi connectivity index (χ1n) is 9.05. The molecule has 1 N–H and O–H groups in total. The van der Waals surface area contributed by atoms with Crippen LogP contribution in [0, 0.1) is 0 Å². The van der Waals surface area contributed by atoms with Gasteiger partial charge < -0.3 is 10.2 Å². The lowest BCUT2D eigenvalue weighted by Crippen LogP contribution is -2.14. The van der Waals surface area contributed by atoms with Gasteiger partial charge in [0.15, 0.2) is 5.13 Å². The van der Waals surface area contributed by atoms with Gasteiger partial charge in [-0.25, -0.2) is 4.98 Å². The summed E-state index contributed by atoms with van der Waals surface area (Å²) in [6.45, 7) is 10.6. The fraction of sp³-hybridized carbons (Fsp3) is 0.227. The summed E-state index contributed by atoms with van der Waals surface area (Å²) in [6, 6.07) is 8.27. The average Bonchev–Trinajstić information content (AvgIpc) is 3.12. The van der Waals surface area contributed by atoms with Crippen LogP contribution in [0.2, 0.25) is 5.02 Å². The molecule has 0 radical (unpaired) electrons. The Morgan fingerprint density at radius 3 is 2.85 bits per heavy atom. The van der Waals surface area contributed by atoms with E-state index in [1.165, 1.54) is 0 Å². The van der Waals surface area contributed by atoms with E-state index in [9.17, 15) is 0 Å². The highest BCUT2D eigenvalue weighted by Crippen LogP contribution is 2.39. The molecule has 140 valence electrons. The predicted octanol–water partition coefficient (Wildman–Crippen LogP) is 6.79. The quantitative estimate of drug-likeness (QED) is 0.581. The molecular weight excluding hydrogens is 374 g/mol. The second-order valence-electron chi connectivity index (χ2n) is 6.44. The third-order valence-electron chi connectivity index (χ3n) is 4.45. The Morgan fingerprint density at radius 2 is 2.15 bits per heavy atom. The topological polar surface area (TPSA) is 28.2 Å².